The number of methoxy groups -OCH3 is 3. The van der Waals surface area contributed by atoms with Crippen molar-refractivity contribution in [1.29, 1.82) is 0 Å². The van der Waals surface area contributed by atoms with E-state index in [4.69, 9.17) is 14.2 Å². The molecule has 0 bridgehead atoms. The highest BCUT2D eigenvalue weighted by molar-refractivity contribution is 5.90. The van der Waals surface area contributed by atoms with Gasteiger partial charge in [-0.05, 0) is 57.1 Å². The fourth-order valence-electron chi connectivity index (χ4n) is 10.1. The van der Waals surface area contributed by atoms with Gasteiger partial charge in [-0.15, -0.1) is 0 Å². The molecule has 64 heavy (non-hydrogen) atoms. The van der Waals surface area contributed by atoms with Gasteiger partial charge in [0.2, 0.25) is 17.7 Å². The standard InChI is InChI=1S/C50H86N6O8/c1-15-36(8)46(53(11)49(60)39(33(2)3)31-42(57)45(34(4)5)52(10)24-25-54-26-28-55(29-27-54)35(6)7)43(62-12)32-44(58)56-23-19-22-41(56)47(63-13)37(9)48(59)51-40(50(61)64-14)30-38-20-17-16-18-21-38/h16-18,20-21,33-37,39-41,43,45-47H,15,19,22-32H2,1-14H3,(H,51,59)/t36-,37+,39-,40-,41-,43+,45-,46-,47+/m0/s1. The lowest BCUT2D eigenvalue weighted by Crippen LogP contribution is -2.55. The van der Waals surface area contributed by atoms with Crippen molar-refractivity contribution in [3.63, 3.8) is 0 Å². The maximum absolute atomic E-state index is 14.7. The van der Waals surface area contributed by atoms with E-state index in [1.54, 1.807) is 38.0 Å². The van der Waals surface area contributed by atoms with Crippen molar-refractivity contribution in [2.45, 2.75) is 143 Å². The number of ether oxygens (including phenoxy) is 3. The van der Waals surface area contributed by atoms with E-state index in [2.05, 4.69) is 61.6 Å². The quantitative estimate of drug-likeness (QED) is 0.125. The minimum Gasteiger partial charge on any atom is -0.467 e. The number of likely N-dealkylation sites (tertiary alicyclic amines) is 1. The summed E-state index contributed by atoms with van der Waals surface area (Å²) in [5.41, 5.74) is 0.880. The Bertz CT molecular complexity index is 1600. The third-order valence-corrected chi connectivity index (χ3v) is 14.2. The van der Waals surface area contributed by atoms with Gasteiger partial charge in [0.15, 0.2) is 5.78 Å². The number of carbonyl (C=O) groups is 5. The Morgan fingerprint density at radius 3 is 2.00 bits per heavy atom. The molecule has 3 rings (SSSR count). The van der Waals surface area contributed by atoms with Gasteiger partial charge in [-0.2, -0.15) is 0 Å². The van der Waals surface area contributed by atoms with Crippen molar-refractivity contribution in [2.24, 2.45) is 29.6 Å². The fraction of sp³-hybridized carbons (Fsp3) is 0.780. The molecule has 364 valence electrons. The molecule has 1 N–H and O–H groups in total. The second kappa shape index (κ2) is 26.6. The van der Waals surface area contributed by atoms with Crippen LogP contribution in [0.4, 0.5) is 0 Å². The highest BCUT2D eigenvalue weighted by Gasteiger charge is 2.44. The summed E-state index contributed by atoms with van der Waals surface area (Å²) >= 11 is 0. The molecule has 9 atom stereocenters. The van der Waals surface area contributed by atoms with Crippen LogP contribution in [0.2, 0.25) is 0 Å². The highest BCUT2D eigenvalue weighted by Crippen LogP contribution is 2.31. The van der Waals surface area contributed by atoms with Crippen molar-refractivity contribution in [2.75, 3.05) is 81.2 Å². The van der Waals surface area contributed by atoms with Crippen molar-refractivity contribution < 1.29 is 38.2 Å². The Balaban J connectivity index is 1.74. The van der Waals surface area contributed by atoms with E-state index in [1.807, 2.05) is 51.2 Å². The van der Waals surface area contributed by atoms with E-state index in [-0.39, 0.29) is 72.6 Å². The normalized spacial score (nSPS) is 20.2. The largest absolute Gasteiger partial charge is 0.467 e. The van der Waals surface area contributed by atoms with Crippen LogP contribution in [0.15, 0.2) is 30.3 Å². The van der Waals surface area contributed by atoms with E-state index in [0.29, 0.717) is 19.0 Å². The van der Waals surface area contributed by atoms with E-state index < -0.39 is 42.1 Å². The van der Waals surface area contributed by atoms with Crippen molar-refractivity contribution in [3.8, 4) is 0 Å². The Labute approximate surface area is 386 Å². The lowest BCUT2D eigenvalue weighted by atomic mass is 9.83. The highest BCUT2D eigenvalue weighted by atomic mass is 16.5. The summed E-state index contributed by atoms with van der Waals surface area (Å²) in [5.74, 6) is -2.37. The molecule has 0 spiro atoms. The molecule has 0 unspecified atom stereocenters. The van der Waals surface area contributed by atoms with Gasteiger partial charge in [0.05, 0.1) is 49.8 Å². The monoisotopic (exact) mass is 899 g/mol. The van der Waals surface area contributed by atoms with E-state index in [9.17, 15) is 24.0 Å². The van der Waals surface area contributed by atoms with Crippen LogP contribution >= 0.6 is 0 Å². The van der Waals surface area contributed by atoms with Gasteiger partial charge in [0, 0.05) is 91.9 Å². The molecule has 2 heterocycles. The van der Waals surface area contributed by atoms with Crippen LogP contribution in [-0.2, 0) is 44.6 Å². The molecule has 2 aliphatic heterocycles. The summed E-state index contributed by atoms with van der Waals surface area (Å²) in [5, 5.41) is 2.88. The number of rotatable bonds is 26. The van der Waals surface area contributed by atoms with Crippen molar-refractivity contribution >= 4 is 29.5 Å². The SMILES string of the molecule is CC[C@H](C)[C@@H]([C@@H](CC(=O)N1CCC[C@H]1[C@H](OC)[C@@H](C)C(=O)N[C@@H](Cc1ccccc1)C(=O)OC)OC)N(C)C(=O)[C@@H](CC(=O)[C@H](C(C)C)N(C)CCN1CCN(C(C)C)CC1)C(C)C. The molecule has 0 aromatic heterocycles. The maximum atomic E-state index is 14.7. The van der Waals surface area contributed by atoms with Gasteiger partial charge < -0.3 is 29.3 Å². The maximum Gasteiger partial charge on any atom is 0.328 e. The molecular formula is C50H86N6O8. The first-order valence-electron chi connectivity index (χ1n) is 24.0. The van der Waals surface area contributed by atoms with Crippen LogP contribution in [0.3, 0.4) is 0 Å². The number of likely N-dealkylation sites (N-methyl/N-ethyl adjacent to an activating group) is 2. The smallest absolute Gasteiger partial charge is 0.328 e. The van der Waals surface area contributed by atoms with Gasteiger partial charge in [-0.25, -0.2) is 4.79 Å². The first kappa shape index (κ1) is 54.9. The Morgan fingerprint density at radius 1 is 0.828 bits per heavy atom. The number of ketones is 1. The van der Waals surface area contributed by atoms with Crippen LogP contribution in [0.25, 0.3) is 0 Å². The molecule has 0 saturated carbocycles. The average molecular weight is 899 g/mol. The van der Waals surface area contributed by atoms with Crippen molar-refractivity contribution in [3.05, 3.63) is 35.9 Å². The second-order valence-electron chi connectivity index (χ2n) is 19.5. The second-order valence-corrected chi connectivity index (χ2v) is 19.5. The zero-order chi connectivity index (χ0) is 47.8. The first-order valence-corrected chi connectivity index (χ1v) is 24.0. The number of piperazine rings is 1. The average Bonchev–Trinajstić information content (AvgIpc) is 3.76. The molecule has 0 radical (unpaired) electrons. The number of nitrogens with zero attached hydrogens (tertiary/aromatic N) is 5. The molecule has 14 heteroatoms. The summed E-state index contributed by atoms with van der Waals surface area (Å²) in [7, 11) is 8.25. The number of nitrogens with one attached hydrogen (secondary N) is 1. The van der Waals surface area contributed by atoms with Crippen LogP contribution in [0, 0.1) is 29.6 Å². The Morgan fingerprint density at radius 2 is 1.47 bits per heavy atom. The van der Waals surface area contributed by atoms with Crippen LogP contribution in [0.5, 0.6) is 0 Å². The molecule has 2 aliphatic rings. The Kier molecular flexibility index (Phi) is 22.9. The van der Waals surface area contributed by atoms with Crippen molar-refractivity contribution in [1.82, 2.24) is 29.8 Å². The number of carbonyl (C=O) groups excluding carboxylic acids is 5. The summed E-state index contributed by atoms with van der Waals surface area (Å²) < 4.78 is 17.1. The summed E-state index contributed by atoms with van der Waals surface area (Å²) in [6.45, 7) is 24.9. The van der Waals surface area contributed by atoms with Gasteiger partial charge in [0.25, 0.3) is 0 Å². The molecule has 2 saturated heterocycles. The fourth-order valence-corrected chi connectivity index (χ4v) is 10.1. The Hall–Kier alpha value is -3.43. The summed E-state index contributed by atoms with van der Waals surface area (Å²) in [6.07, 6.45) is 1.28. The van der Waals surface area contributed by atoms with Gasteiger partial charge in [-0.3, -0.25) is 33.9 Å². The number of Topliss-reactive ketones (excluding diaryl/α,β-unsaturated/α-hetero) is 1. The van der Waals surface area contributed by atoms with Crippen LogP contribution in [0.1, 0.15) is 100.0 Å². The molecule has 1 aromatic rings. The van der Waals surface area contributed by atoms with Crippen LogP contribution < -0.4 is 5.32 Å². The van der Waals surface area contributed by atoms with E-state index in [1.165, 1.54) is 7.11 Å². The summed E-state index contributed by atoms with van der Waals surface area (Å²) in [6, 6.07) is 7.94. The zero-order valence-corrected chi connectivity index (χ0v) is 42.0. The third-order valence-electron chi connectivity index (χ3n) is 14.2. The zero-order valence-electron chi connectivity index (χ0n) is 42.0. The lowest BCUT2D eigenvalue weighted by Gasteiger charge is -2.41. The first-order chi connectivity index (χ1) is 30.3. The van der Waals surface area contributed by atoms with Gasteiger partial charge >= 0.3 is 5.97 Å². The van der Waals surface area contributed by atoms with E-state index in [0.717, 1.165) is 57.7 Å². The number of hydrogen-bond donors (Lipinski definition) is 1. The minimum absolute atomic E-state index is 0.0179. The van der Waals surface area contributed by atoms with E-state index >= 15 is 0 Å². The number of hydrogen-bond acceptors (Lipinski definition) is 11. The molecule has 1 aromatic carbocycles. The molecular weight excluding hydrogens is 813 g/mol. The van der Waals surface area contributed by atoms with Crippen LogP contribution in [-0.4, -0.2) is 178 Å². The predicted molar refractivity (Wildman–Crippen MR) is 253 cm³/mol. The number of amides is 3. The molecule has 2 fully saturated rings. The molecule has 0 aliphatic carbocycles. The topological polar surface area (TPSA) is 141 Å². The molecule has 14 nitrogen and oxygen atoms in total. The predicted octanol–water partition coefficient (Wildman–Crippen LogP) is 5.02. The number of esters is 1. The van der Waals surface area contributed by atoms with Gasteiger partial charge in [0.1, 0.15) is 6.04 Å². The number of benzene rings is 1. The minimum atomic E-state index is -0.890. The third kappa shape index (κ3) is 15.1. The molecule has 3 amide bonds. The lowest BCUT2D eigenvalue weighted by molar-refractivity contribution is -0.150. The summed E-state index contributed by atoms with van der Waals surface area (Å²) in [4.78, 5) is 80.6. The van der Waals surface area contributed by atoms with Gasteiger partial charge in [-0.1, -0.05) is 85.2 Å².